The number of aromatic nitrogens is 2. The van der Waals surface area contributed by atoms with Crippen molar-refractivity contribution in [2.75, 3.05) is 23.3 Å². The third kappa shape index (κ3) is 4.30. The smallest absolute Gasteiger partial charge is 0.306 e. The molecule has 0 unspecified atom stereocenters. The molecule has 0 atom stereocenters. The van der Waals surface area contributed by atoms with Crippen LogP contribution in [0.25, 0.3) is 5.69 Å². The zero-order chi connectivity index (χ0) is 22.0. The third-order valence-corrected chi connectivity index (χ3v) is 5.70. The van der Waals surface area contributed by atoms with Gasteiger partial charge in [-0.25, -0.2) is 4.68 Å². The van der Waals surface area contributed by atoms with Crippen LogP contribution in [0.15, 0.2) is 54.6 Å². The van der Waals surface area contributed by atoms with Gasteiger partial charge in [-0.05, 0) is 56.5 Å². The number of piperidine rings is 1. The first-order valence-corrected chi connectivity index (χ1v) is 10.4. The van der Waals surface area contributed by atoms with Crippen LogP contribution in [0, 0.1) is 19.8 Å². The highest BCUT2D eigenvalue weighted by molar-refractivity contribution is 6.06. The second-order valence-electron chi connectivity index (χ2n) is 7.95. The number of rotatable bonds is 5. The topological polar surface area (TPSA) is 87.5 Å². The van der Waals surface area contributed by atoms with Crippen molar-refractivity contribution in [3.05, 3.63) is 71.4 Å². The van der Waals surface area contributed by atoms with Crippen molar-refractivity contribution in [3.8, 4) is 5.69 Å². The fraction of sp³-hybridized carbons (Fsp3) is 0.292. The normalized spacial score (nSPS) is 14.5. The van der Waals surface area contributed by atoms with Crippen LogP contribution in [-0.2, 0) is 4.79 Å². The van der Waals surface area contributed by atoms with Crippen molar-refractivity contribution < 1.29 is 14.7 Å². The van der Waals surface area contributed by atoms with Gasteiger partial charge in [-0.1, -0.05) is 30.3 Å². The van der Waals surface area contributed by atoms with Gasteiger partial charge in [0.1, 0.15) is 5.69 Å². The fourth-order valence-corrected chi connectivity index (χ4v) is 4.01. The van der Waals surface area contributed by atoms with Crippen LogP contribution in [-0.4, -0.2) is 39.9 Å². The van der Waals surface area contributed by atoms with Crippen molar-refractivity contribution in [2.45, 2.75) is 26.7 Å². The highest BCUT2D eigenvalue weighted by atomic mass is 16.4. The van der Waals surface area contributed by atoms with E-state index in [1.54, 1.807) is 12.1 Å². The minimum atomic E-state index is -0.749. The van der Waals surface area contributed by atoms with Crippen molar-refractivity contribution in [2.24, 2.45) is 5.92 Å². The van der Waals surface area contributed by atoms with Gasteiger partial charge < -0.3 is 15.3 Å². The summed E-state index contributed by atoms with van der Waals surface area (Å²) in [4.78, 5) is 26.4. The minimum absolute atomic E-state index is 0.200. The Balaban J connectivity index is 1.74. The predicted molar refractivity (Wildman–Crippen MR) is 120 cm³/mol. The van der Waals surface area contributed by atoms with E-state index in [1.807, 2.05) is 61.0 Å². The molecule has 0 bridgehead atoms. The molecule has 3 aromatic rings. The van der Waals surface area contributed by atoms with E-state index in [0.717, 1.165) is 17.1 Å². The average Bonchev–Trinajstić information content (AvgIpc) is 3.10. The molecule has 0 saturated carbocycles. The number of carboxylic acid groups (broad SMARTS) is 1. The number of hydrogen-bond acceptors (Lipinski definition) is 4. The first-order chi connectivity index (χ1) is 14.9. The van der Waals surface area contributed by atoms with Gasteiger partial charge in [-0.3, -0.25) is 9.59 Å². The van der Waals surface area contributed by atoms with Gasteiger partial charge >= 0.3 is 5.97 Å². The highest BCUT2D eigenvalue weighted by Crippen LogP contribution is 2.35. The summed E-state index contributed by atoms with van der Waals surface area (Å²) >= 11 is 0. The summed E-state index contributed by atoms with van der Waals surface area (Å²) < 4.78 is 1.85. The van der Waals surface area contributed by atoms with Crippen LogP contribution in [0.2, 0.25) is 0 Å². The Bertz CT molecular complexity index is 1100. The molecule has 1 aromatic heterocycles. The number of nitrogens with zero attached hydrogens (tertiary/aromatic N) is 3. The second kappa shape index (κ2) is 8.63. The quantitative estimate of drug-likeness (QED) is 0.653. The third-order valence-electron chi connectivity index (χ3n) is 5.70. The zero-order valence-corrected chi connectivity index (χ0v) is 17.7. The summed E-state index contributed by atoms with van der Waals surface area (Å²) in [7, 11) is 0. The molecule has 2 heterocycles. The molecule has 4 rings (SSSR count). The molecule has 1 fully saturated rings. The molecule has 2 N–H and O–H groups in total. The lowest BCUT2D eigenvalue weighted by atomic mass is 9.97. The lowest BCUT2D eigenvalue weighted by Gasteiger charge is -2.32. The fourth-order valence-electron chi connectivity index (χ4n) is 4.01. The van der Waals surface area contributed by atoms with E-state index in [1.165, 1.54) is 0 Å². The molecule has 7 heteroatoms. The summed E-state index contributed by atoms with van der Waals surface area (Å²) in [5.74, 6) is -0.499. The Hall–Kier alpha value is -3.61. The van der Waals surface area contributed by atoms with Crippen LogP contribution in [0.1, 0.15) is 34.5 Å². The largest absolute Gasteiger partial charge is 0.481 e. The lowest BCUT2D eigenvalue weighted by molar-refractivity contribution is -0.142. The van der Waals surface area contributed by atoms with Crippen LogP contribution in [0.4, 0.5) is 11.5 Å². The molecule has 31 heavy (non-hydrogen) atoms. The van der Waals surface area contributed by atoms with Crippen LogP contribution < -0.4 is 10.2 Å². The Morgan fingerprint density at radius 3 is 2.39 bits per heavy atom. The first-order valence-electron chi connectivity index (χ1n) is 10.4. The van der Waals surface area contributed by atoms with Crippen LogP contribution >= 0.6 is 0 Å². The molecule has 1 aliphatic heterocycles. The van der Waals surface area contributed by atoms with Gasteiger partial charge in [-0.15, -0.1) is 0 Å². The Labute approximate surface area is 181 Å². The first kappa shape index (κ1) is 20.7. The summed E-state index contributed by atoms with van der Waals surface area (Å²) in [6, 6.07) is 17.1. The van der Waals surface area contributed by atoms with Gasteiger partial charge in [0.05, 0.1) is 17.3 Å². The number of carbonyl (C=O) groups is 2. The molecule has 2 aromatic carbocycles. The van der Waals surface area contributed by atoms with Gasteiger partial charge in [0.2, 0.25) is 0 Å². The Morgan fingerprint density at radius 2 is 1.74 bits per heavy atom. The number of aliphatic carboxylic acids is 1. The second-order valence-corrected chi connectivity index (χ2v) is 7.95. The van der Waals surface area contributed by atoms with Gasteiger partial charge in [0.15, 0.2) is 5.82 Å². The summed E-state index contributed by atoms with van der Waals surface area (Å²) in [5.41, 5.74) is 3.95. The minimum Gasteiger partial charge on any atom is -0.481 e. The molecule has 0 radical (unpaired) electrons. The predicted octanol–water partition coefficient (Wildman–Crippen LogP) is 4.04. The number of anilines is 2. The molecular weight excluding hydrogens is 392 g/mol. The van der Waals surface area contributed by atoms with Crippen molar-refractivity contribution in [1.29, 1.82) is 0 Å². The molecule has 7 nitrogen and oxygen atoms in total. The molecule has 1 saturated heterocycles. The SMILES string of the molecule is Cc1cccc(-n2nc(C)c(NC(=O)c3ccccc3)c2N2CCC(C(=O)O)CC2)c1. The van der Waals surface area contributed by atoms with Crippen molar-refractivity contribution >= 4 is 23.4 Å². The van der Waals surface area contributed by atoms with E-state index < -0.39 is 5.97 Å². The monoisotopic (exact) mass is 418 g/mol. The molecule has 1 amide bonds. The Kier molecular flexibility index (Phi) is 5.75. The summed E-state index contributed by atoms with van der Waals surface area (Å²) in [6.45, 7) is 5.07. The standard InChI is InChI=1S/C24H26N4O3/c1-16-7-6-10-20(15-16)28-23(27-13-11-19(12-14-27)24(30)31)21(17(2)26-28)25-22(29)18-8-4-3-5-9-18/h3-10,15,19H,11-14H2,1-2H3,(H,25,29)(H,30,31). The number of amides is 1. The number of carbonyl (C=O) groups excluding carboxylic acids is 1. The summed E-state index contributed by atoms with van der Waals surface area (Å²) in [6.07, 6.45) is 1.11. The van der Waals surface area contributed by atoms with Crippen LogP contribution in [0.3, 0.4) is 0 Å². The maximum atomic E-state index is 12.9. The van der Waals surface area contributed by atoms with Crippen molar-refractivity contribution in [3.63, 3.8) is 0 Å². The number of aryl methyl sites for hydroxylation is 2. The maximum Gasteiger partial charge on any atom is 0.306 e. The van der Waals surface area contributed by atoms with E-state index in [4.69, 9.17) is 5.10 Å². The van der Waals surface area contributed by atoms with Gasteiger partial charge in [0.25, 0.3) is 5.91 Å². The number of nitrogens with one attached hydrogen (secondary N) is 1. The molecule has 0 aliphatic carbocycles. The van der Waals surface area contributed by atoms with E-state index in [2.05, 4.69) is 10.2 Å². The van der Waals surface area contributed by atoms with Gasteiger partial charge in [0, 0.05) is 18.7 Å². The number of benzene rings is 2. The van der Waals surface area contributed by atoms with E-state index in [0.29, 0.717) is 42.9 Å². The summed E-state index contributed by atoms with van der Waals surface area (Å²) in [5, 5.41) is 17.2. The van der Waals surface area contributed by atoms with E-state index in [-0.39, 0.29) is 11.8 Å². The van der Waals surface area contributed by atoms with Gasteiger partial charge in [-0.2, -0.15) is 5.10 Å². The van der Waals surface area contributed by atoms with E-state index >= 15 is 0 Å². The van der Waals surface area contributed by atoms with E-state index in [9.17, 15) is 14.7 Å². The zero-order valence-electron chi connectivity index (χ0n) is 17.7. The highest BCUT2D eigenvalue weighted by Gasteiger charge is 2.30. The number of hydrogen-bond donors (Lipinski definition) is 2. The molecule has 0 spiro atoms. The lowest BCUT2D eigenvalue weighted by Crippen LogP contribution is -2.37. The maximum absolute atomic E-state index is 12.9. The molecule has 1 aliphatic rings. The van der Waals surface area contributed by atoms with Crippen LogP contribution in [0.5, 0.6) is 0 Å². The molecule has 160 valence electrons. The van der Waals surface area contributed by atoms with Crippen molar-refractivity contribution in [1.82, 2.24) is 9.78 Å². The average molecular weight is 418 g/mol. The number of carboxylic acids is 1. The molecular formula is C24H26N4O3. The Morgan fingerprint density at radius 1 is 1.03 bits per heavy atom.